The summed E-state index contributed by atoms with van der Waals surface area (Å²) in [6.07, 6.45) is 0.878. The minimum absolute atomic E-state index is 0. The Hall–Kier alpha value is -1.13. The quantitative estimate of drug-likeness (QED) is 0.907. The normalized spacial score (nSPS) is 22.2. The highest BCUT2D eigenvalue weighted by Gasteiger charge is 2.35. The van der Waals surface area contributed by atoms with Crippen molar-refractivity contribution in [2.75, 3.05) is 19.6 Å². The molecular weight excluding hydrogens is 267 g/mol. The molecule has 1 saturated heterocycles. The van der Waals surface area contributed by atoms with Gasteiger partial charge in [-0.15, -0.1) is 12.4 Å². The predicted octanol–water partition coefficient (Wildman–Crippen LogP) is 2.37. The first kappa shape index (κ1) is 15.9. The molecule has 0 aromatic heterocycles. The molecule has 2 rings (SSSR count). The summed E-state index contributed by atoms with van der Waals surface area (Å²) in [5.41, 5.74) is 6.73. The van der Waals surface area contributed by atoms with Gasteiger partial charge in [-0.25, -0.2) is 4.39 Å². The van der Waals surface area contributed by atoms with Crippen LogP contribution in [-0.4, -0.2) is 30.4 Å². The predicted molar refractivity (Wildman–Crippen MR) is 76.1 cm³/mol. The zero-order valence-electron chi connectivity index (χ0n) is 11.3. The number of amides is 1. The van der Waals surface area contributed by atoms with Crippen molar-refractivity contribution in [3.63, 3.8) is 0 Å². The van der Waals surface area contributed by atoms with E-state index in [1.807, 2.05) is 6.92 Å². The van der Waals surface area contributed by atoms with E-state index in [0.29, 0.717) is 19.6 Å². The third-order valence-corrected chi connectivity index (χ3v) is 3.69. The molecule has 1 aromatic carbocycles. The standard InChI is InChI=1S/C14H19FN2O.ClH/c1-10-3-4-12(15)11(7-10)13(18)17-6-5-14(2,8-16)9-17;/h3-4,7H,5-6,8-9,16H2,1-2H3;1H. The molecule has 0 radical (unpaired) electrons. The fraction of sp³-hybridized carbons (Fsp3) is 0.500. The molecule has 5 heteroatoms. The highest BCUT2D eigenvalue weighted by molar-refractivity contribution is 5.94. The minimum Gasteiger partial charge on any atom is -0.338 e. The van der Waals surface area contributed by atoms with Crippen molar-refractivity contribution in [2.45, 2.75) is 20.3 Å². The zero-order chi connectivity index (χ0) is 13.3. The first-order chi connectivity index (χ1) is 8.45. The van der Waals surface area contributed by atoms with E-state index in [2.05, 4.69) is 6.92 Å². The van der Waals surface area contributed by atoms with Crippen LogP contribution in [0.4, 0.5) is 4.39 Å². The van der Waals surface area contributed by atoms with Crippen molar-refractivity contribution in [2.24, 2.45) is 11.1 Å². The summed E-state index contributed by atoms with van der Waals surface area (Å²) < 4.78 is 13.7. The topological polar surface area (TPSA) is 46.3 Å². The van der Waals surface area contributed by atoms with Crippen molar-refractivity contribution in [3.05, 3.63) is 35.1 Å². The van der Waals surface area contributed by atoms with Crippen LogP contribution in [-0.2, 0) is 0 Å². The molecule has 0 bridgehead atoms. The van der Waals surface area contributed by atoms with Crippen LogP contribution in [0.3, 0.4) is 0 Å². The van der Waals surface area contributed by atoms with Gasteiger partial charge in [0.05, 0.1) is 5.56 Å². The van der Waals surface area contributed by atoms with E-state index in [0.717, 1.165) is 12.0 Å². The van der Waals surface area contributed by atoms with Crippen molar-refractivity contribution < 1.29 is 9.18 Å². The molecule has 1 fully saturated rings. The number of hydrogen-bond donors (Lipinski definition) is 1. The number of rotatable bonds is 2. The van der Waals surface area contributed by atoms with E-state index >= 15 is 0 Å². The number of carbonyl (C=O) groups is 1. The lowest BCUT2D eigenvalue weighted by atomic mass is 9.90. The van der Waals surface area contributed by atoms with Crippen LogP contribution in [0.5, 0.6) is 0 Å². The highest BCUT2D eigenvalue weighted by Crippen LogP contribution is 2.29. The summed E-state index contributed by atoms with van der Waals surface area (Å²) >= 11 is 0. The van der Waals surface area contributed by atoms with Gasteiger partial charge < -0.3 is 10.6 Å². The van der Waals surface area contributed by atoms with Crippen LogP contribution in [0.1, 0.15) is 29.3 Å². The molecule has 1 heterocycles. The number of hydrogen-bond acceptors (Lipinski definition) is 2. The largest absolute Gasteiger partial charge is 0.338 e. The molecule has 19 heavy (non-hydrogen) atoms. The summed E-state index contributed by atoms with van der Waals surface area (Å²) in [5, 5.41) is 0. The average molecular weight is 287 g/mol. The number of nitrogens with zero attached hydrogens (tertiary/aromatic N) is 1. The monoisotopic (exact) mass is 286 g/mol. The molecule has 106 valence electrons. The van der Waals surface area contributed by atoms with Gasteiger partial charge in [-0.1, -0.05) is 18.6 Å². The van der Waals surface area contributed by atoms with E-state index in [9.17, 15) is 9.18 Å². The maximum Gasteiger partial charge on any atom is 0.256 e. The minimum atomic E-state index is -0.452. The lowest BCUT2D eigenvalue weighted by Crippen LogP contribution is -2.34. The third kappa shape index (κ3) is 3.25. The summed E-state index contributed by atoms with van der Waals surface area (Å²) in [6, 6.07) is 4.62. The Labute approximate surface area is 119 Å². The summed E-state index contributed by atoms with van der Waals surface area (Å²) in [4.78, 5) is 14.0. The first-order valence-electron chi connectivity index (χ1n) is 6.21. The maximum absolute atomic E-state index is 13.7. The van der Waals surface area contributed by atoms with Gasteiger partial charge in [0.25, 0.3) is 5.91 Å². The molecule has 0 saturated carbocycles. The van der Waals surface area contributed by atoms with Gasteiger partial charge in [0.2, 0.25) is 0 Å². The molecular formula is C14H20ClFN2O. The summed E-state index contributed by atoms with van der Waals surface area (Å²) in [7, 11) is 0. The average Bonchev–Trinajstić information content (AvgIpc) is 2.75. The number of likely N-dealkylation sites (tertiary alicyclic amines) is 1. The van der Waals surface area contributed by atoms with E-state index in [-0.39, 0.29) is 29.3 Å². The maximum atomic E-state index is 13.7. The number of aryl methyl sites for hydroxylation is 1. The smallest absolute Gasteiger partial charge is 0.256 e. The molecule has 2 N–H and O–H groups in total. The van der Waals surface area contributed by atoms with Crippen LogP contribution in [0, 0.1) is 18.2 Å². The van der Waals surface area contributed by atoms with E-state index in [1.165, 1.54) is 6.07 Å². The van der Waals surface area contributed by atoms with Crippen LogP contribution < -0.4 is 5.73 Å². The fourth-order valence-electron chi connectivity index (χ4n) is 2.34. The lowest BCUT2D eigenvalue weighted by molar-refractivity contribution is 0.0772. The first-order valence-corrected chi connectivity index (χ1v) is 6.21. The van der Waals surface area contributed by atoms with Gasteiger partial charge in [0.15, 0.2) is 0 Å². The number of carbonyl (C=O) groups excluding carboxylic acids is 1. The van der Waals surface area contributed by atoms with Crippen molar-refractivity contribution >= 4 is 18.3 Å². The van der Waals surface area contributed by atoms with Gasteiger partial charge in [-0.05, 0) is 37.4 Å². The number of benzene rings is 1. The van der Waals surface area contributed by atoms with Crippen LogP contribution >= 0.6 is 12.4 Å². The molecule has 1 amide bonds. The second kappa shape index (κ2) is 5.88. The molecule has 1 unspecified atom stereocenters. The van der Waals surface area contributed by atoms with Gasteiger partial charge >= 0.3 is 0 Å². The van der Waals surface area contributed by atoms with Crippen LogP contribution in [0.15, 0.2) is 18.2 Å². The van der Waals surface area contributed by atoms with Gasteiger partial charge in [-0.3, -0.25) is 4.79 Å². The Morgan fingerprint density at radius 3 is 2.79 bits per heavy atom. The summed E-state index contributed by atoms with van der Waals surface area (Å²) in [6.45, 7) is 5.72. The van der Waals surface area contributed by atoms with Crippen LogP contribution in [0.2, 0.25) is 0 Å². The molecule has 1 atom stereocenters. The van der Waals surface area contributed by atoms with E-state index < -0.39 is 5.82 Å². The molecule has 1 aromatic rings. The van der Waals surface area contributed by atoms with Crippen molar-refractivity contribution in [1.82, 2.24) is 4.90 Å². The van der Waals surface area contributed by atoms with E-state index in [1.54, 1.807) is 17.0 Å². The Morgan fingerprint density at radius 1 is 1.53 bits per heavy atom. The van der Waals surface area contributed by atoms with E-state index in [4.69, 9.17) is 5.73 Å². The van der Waals surface area contributed by atoms with Crippen molar-refractivity contribution in [3.8, 4) is 0 Å². The molecule has 1 aliphatic rings. The van der Waals surface area contributed by atoms with Gasteiger partial charge in [0, 0.05) is 13.1 Å². The molecule has 1 aliphatic heterocycles. The number of nitrogens with two attached hydrogens (primary N) is 1. The number of halogens is 2. The Bertz CT molecular complexity index is 481. The summed E-state index contributed by atoms with van der Waals surface area (Å²) in [5.74, 6) is -0.680. The van der Waals surface area contributed by atoms with Gasteiger partial charge in [-0.2, -0.15) is 0 Å². The zero-order valence-corrected chi connectivity index (χ0v) is 12.1. The third-order valence-electron chi connectivity index (χ3n) is 3.69. The molecule has 0 spiro atoms. The second-order valence-electron chi connectivity index (χ2n) is 5.47. The fourth-order valence-corrected chi connectivity index (χ4v) is 2.34. The van der Waals surface area contributed by atoms with Crippen molar-refractivity contribution in [1.29, 1.82) is 0 Å². The lowest BCUT2D eigenvalue weighted by Gasteiger charge is -2.22. The molecule has 0 aliphatic carbocycles. The highest BCUT2D eigenvalue weighted by atomic mass is 35.5. The Morgan fingerprint density at radius 2 is 2.21 bits per heavy atom. The Balaban J connectivity index is 0.00000180. The van der Waals surface area contributed by atoms with Crippen LogP contribution in [0.25, 0.3) is 0 Å². The second-order valence-corrected chi connectivity index (χ2v) is 5.47. The van der Waals surface area contributed by atoms with Gasteiger partial charge in [0.1, 0.15) is 5.82 Å². The Kier molecular flexibility index (Phi) is 4.93. The SMILES string of the molecule is Cc1ccc(F)c(C(=O)N2CCC(C)(CN)C2)c1.Cl. The molecule has 3 nitrogen and oxygen atoms in total.